The number of hydrogen-bond acceptors (Lipinski definition) is 3. The smallest absolute Gasteiger partial charge is 0.265 e. The van der Waals surface area contributed by atoms with E-state index in [2.05, 4.69) is 16.7 Å². The minimum atomic E-state index is -0.609. The molecule has 2 N–H and O–H groups in total. The van der Waals surface area contributed by atoms with Crippen molar-refractivity contribution < 1.29 is 9.53 Å². The summed E-state index contributed by atoms with van der Waals surface area (Å²) in [5.74, 6) is 0.392. The third-order valence-corrected chi connectivity index (χ3v) is 4.07. The number of amides is 1. The van der Waals surface area contributed by atoms with E-state index in [4.69, 9.17) is 16.3 Å². The Morgan fingerprint density at radius 3 is 2.96 bits per heavy atom. The zero-order valence-electron chi connectivity index (χ0n) is 12.9. The highest BCUT2D eigenvalue weighted by molar-refractivity contribution is 6.30. The summed E-state index contributed by atoms with van der Waals surface area (Å²) in [6.45, 7) is 3.56. The van der Waals surface area contributed by atoms with Gasteiger partial charge in [-0.05, 0) is 61.3 Å². The average Bonchev–Trinajstić information content (AvgIpc) is 2.54. The number of rotatable bonds is 4. The lowest BCUT2D eigenvalue weighted by Gasteiger charge is -2.19. The zero-order chi connectivity index (χ0) is 16.2. The molecule has 1 aliphatic heterocycles. The highest BCUT2D eigenvalue weighted by Gasteiger charge is 2.16. The largest absolute Gasteiger partial charge is 0.481 e. The first-order chi connectivity index (χ1) is 11.1. The third kappa shape index (κ3) is 4.03. The molecule has 0 radical (unpaired) electrons. The van der Waals surface area contributed by atoms with Crippen LogP contribution < -0.4 is 15.4 Å². The van der Waals surface area contributed by atoms with Crippen molar-refractivity contribution >= 4 is 23.2 Å². The van der Waals surface area contributed by atoms with Crippen LogP contribution in [0.3, 0.4) is 0 Å². The van der Waals surface area contributed by atoms with Gasteiger partial charge >= 0.3 is 0 Å². The standard InChI is InChI=1S/C18H19ClN2O2/c1-12(23-17-4-2-3-15(19)10-17)18(22)21-16-6-5-13-7-8-20-11-14(13)9-16/h2-6,9-10,12,20H,7-8,11H2,1H3,(H,21,22). The van der Waals surface area contributed by atoms with Crippen LogP contribution >= 0.6 is 11.6 Å². The van der Waals surface area contributed by atoms with Crippen LogP contribution in [0.2, 0.25) is 5.02 Å². The average molecular weight is 331 g/mol. The van der Waals surface area contributed by atoms with Gasteiger partial charge in [-0.2, -0.15) is 0 Å². The molecule has 0 saturated carbocycles. The number of nitrogens with one attached hydrogen (secondary N) is 2. The Labute approximate surface area is 140 Å². The number of ether oxygens (including phenoxy) is 1. The molecular weight excluding hydrogens is 312 g/mol. The molecule has 1 unspecified atom stereocenters. The first-order valence-electron chi connectivity index (χ1n) is 7.67. The maximum absolute atomic E-state index is 12.3. The van der Waals surface area contributed by atoms with Crippen LogP contribution in [0.1, 0.15) is 18.1 Å². The number of halogens is 1. The number of hydrogen-bond donors (Lipinski definition) is 2. The highest BCUT2D eigenvalue weighted by atomic mass is 35.5. The Morgan fingerprint density at radius 1 is 1.26 bits per heavy atom. The topological polar surface area (TPSA) is 50.4 Å². The van der Waals surface area contributed by atoms with E-state index in [9.17, 15) is 4.79 Å². The fraction of sp³-hybridized carbons (Fsp3) is 0.278. The second kappa shape index (κ2) is 7.02. The molecule has 120 valence electrons. The Morgan fingerprint density at radius 2 is 2.13 bits per heavy atom. The molecule has 0 aliphatic carbocycles. The summed E-state index contributed by atoms with van der Waals surface area (Å²) in [7, 11) is 0. The van der Waals surface area contributed by atoms with Crippen LogP contribution in [0.15, 0.2) is 42.5 Å². The predicted molar refractivity (Wildman–Crippen MR) is 92.0 cm³/mol. The van der Waals surface area contributed by atoms with E-state index in [0.29, 0.717) is 10.8 Å². The monoisotopic (exact) mass is 330 g/mol. The second-order valence-corrected chi connectivity index (χ2v) is 6.05. The Bertz CT molecular complexity index is 718. The number of carbonyl (C=O) groups excluding carboxylic acids is 1. The normalized spacial score (nSPS) is 14.7. The van der Waals surface area contributed by atoms with Crippen LogP contribution in [0.5, 0.6) is 5.75 Å². The first-order valence-corrected chi connectivity index (χ1v) is 8.05. The summed E-state index contributed by atoms with van der Waals surface area (Å²) in [6.07, 6.45) is 0.417. The molecule has 3 rings (SSSR count). The SMILES string of the molecule is CC(Oc1cccc(Cl)c1)C(=O)Nc1ccc2c(c1)CNCC2. The van der Waals surface area contributed by atoms with Gasteiger partial charge in [0.1, 0.15) is 5.75 Å². The summed E-state index contributed by atoms with van der Waals surface area (Å²) in [5.41, 5.74) is 3.36. The van der Waals surface area contributed by atoms with Gasteiger partial charge in [-0.25, -0.2) is 0 Å². The van der Waals surface area contributed by atoms with Gasteiger partial charge < -0.3 is 15.4 Å². The molecule has 5 heteroatoms. The van der Waals surface area contributed by atoms with Crippen molar-refractivity contribution in [3.8, 4) is 5.75 Å². The van der Waals surface area contributed by atoms with E-state index in [1.54, 1.807) is 31.2 Å². The number of carbonyl (C=O) groups is 1. The van der Waals surface area contributed by atoms with E-state index in [1.165, 1.54) is 11.1 Å². The van der Waals surface area contributed by atoms with Gasteiger partial charge in [-0.1, -0.05) is 23.7 Å². The van der Waals surface area contributed by atoms with Gasteiger partial charge in [-0.15, -0.1) is 0 Å². The van der Waals surface area contributed by atoms with Gasteiger partial charge in [-0.3, -0.25) is 4.79 Å². The van der Waals surface area contributed by atoms with Crippen molar-refractivity contribution in [3.05, 3.63) is 58.6 Å². The molecule has 4 nitrogen and oxygen atoms in total. The summed E-state index contributed by atoms with van der Waals surface area (Å²) in [4.78, 5) is 12.3. The van der Waals surface area contributed by atoms with Crippen LogP contribution in [0, 0.1) is 0 Å². The molecule has 0 aromatic heterocycles. The highest BCUT2D eigenvalue weighted by Crippen LogP contribution is 2.21. The molecule has 23 heavy (non-hydrogen) atoms. The van der Waals surface area contributed by atoms with Crippen LogP contribution in [0.25, 0.3) is 0 Å². The Balaban J connectivity index is 1.64. The predicted octanol–water partition coefficient (Wildman–Crippen LogP) is 3.39. The van der Waals surface area contributed by atoms with E-state index >= 15 is 0 Å². The van der Waals surface area contributed by atoms with Gasteiger partial charge in [0.15, 0.2) is 6.10 Å². The maximum atomic E-state index is 12.3. The van der Waals surface area contributed by atoms with Crippen molar-refractivity contribution in [1.29, 1.82) is 0 Å². The molecule has 1 atom stereocenters. The molecule has 2 aromatic carbocycles. The fourth-order valence-corrected chi connectivity index (χ4v) is 2.78. The summed E-state index contributed by atoms with van der Waals surface area (Å²) in [6, 6.07) is 13.1. The molecule has 0 spiro atoms. The van der Waals surface area contributed by atoms with Crippen molar-refractivity contribution in [1.82, 2.24) is 5.32 Å². The van der Waals surface area contributed by atoms with Crippen LogP contribution in [-0.4, -0.2) is 18.6 Å². The molecule has 2 aromatic rings. The minimum Gasteiger partial charge on any atom is -0.481 e. The lowest BCUT2D eigenvalue weighted by molar-refractivity contribution is -0.122. The van der Waals surface area contributed by atoms with Gasteiger partial charge in [0, 0.05) is 17.3 Å². The van der Waals surface area contributed by atoms with E-state index in [1.807, 2.05) is 12.1 Å². The summed E-state index contributed by atoms with van der Waals surface area (Å²) >= 11 is 5.92. The molecule has 0 bridgehead atoms. The number of fused-ring (bicyclic) bond motifs is 1. The fourth-order valence-electron chi connectivity index (χ4n) is 2.60. The lowest BCUT2D eigenvalue weighted by Crippen LogP contribution is -2.30. The van der Waals surface area contributed by atoms with E-state index in [-0.39, 0.29) is 5.91 Å². The van der Waals surface area contributed by atoms with Crippen molar-refractivity contribution in [2.24, 2.45) is 0 Å². The molecule has 1 heterocycles. The lowest BCUT2D eigenvalue weighted by atomic mass is 10.0. The molecule has 1 amide bonds. The van der Waals surface area contributed by atoms with Gasteiger partial charge in [0.2, 0.25) is 0 Å². The summed E-state index contributed by atoms with van der Waals surface area (Å²) < 4.78 is 5.63. The molecule has 0 saturated heterocycles. The number of benzene rings is 2. The molecule has 0 fully saturated rings. The van der Waals surface area contributed by atoms with Crippen LogP contribution in [0.4, 0.5) is 5.69 Å². The quantitative estimate of drug-likeness (QED) is 0.903. The van der Waals surface area contributed by atoms with Crippen molar-refractivity contribution in [2.75, 3.05) is 11.9 Å². The summed E-state index contributed by atoms with van der Waals surface area (Å²) in [5, 5.41) is 6.82. The van der Waals surface area contributed by atoms with E-state index < -0.39 is 6.10 Å². The number of anilines is 1. The van der Waals surface area contributed by atoms with Gasteiger partial charge in [0.05, 0.1) is 0 Å². The maximum Gasteiger partial charge on any atom is 0.265 e. The van der Waals surface area contributed by atoms with Gasteiger partial charge in [0.25, 0.3) is 5.91 Å². The third-order valence-electron chi connectivity index (χ3n) is 3.84. The molecule has 1 aliphatic rings. The van der Waals surface area contributed by atoms with E-state index in [0.717, 1.165) is 25.2 Å². The van der Waals surface area contributed by atoms with Crippen LogP contribution in [-0.2, 0) is 17.8 Å². The van der Waals surface area contributed by atoms with Crippen molar-refractivity contribution in [2.45, 2.75) is 26.0 Å². The molecular formula is C18H19ClN2O2. The second-order valence-electron chi connectivity index (χ2n) is 5.62. The first kappa shape index (κ1) is 15.8. The van der Waals surface area contributed by atoms with Crippen molar-refractivity contribution in [3.63, 3.8) is 0 Å². The Kier molecular flexibility index (Phi) is 4.84. The minimum absolute atomic E-state index is 0.186. The zero-order valence-corrected chi connectivity index (χ0v) is 13.7. The Hall–Kier alpha value is -2.04.